The summed E-state index contributed by atoms with van der Waals surface area (Å²) in [7, 11) is 0.389. The van der Waals surface area contributed by atoms with Gasteiger partial charge in [0.25, 0.3) is 0 Å². The molecule has 118 valence electrons. The Morgan fingerprint density at radius 1 is 1.43 bits per heavy atom. The highest BCUT2D eigenvalue weighted by Crippen LogP contribution is 2.51. The molecule has 21 heavy (non-hydrogen) atoms. The first-order valence-electron chi connectivity index (χ1n) is 5.20. The average molecular weight is 320 g/mol. The van der Waals surface area contributed by atoms with E-state index in [4.69, 9.17) is 10.5 Å². The summed E-state index contributed by atoms with van der Waals surface area (Å²) in [6.45, 7) is 0. The second kappa shape index (κ2) is 5.06. The summed E-state index contributed by atoms with van der Waals surface area (Å²) in [4.78, 5) is 13.3. The molecule has 0 aromatic rings. The lowest BCUT2D eigenvalue weighted by atomic mass is 10.1. The number of esters is 1. The first kappa shape index (κ1) is 17.0. The van der Waals surface area contributed by atoms with Gasteiger partial charge in [0, 0.05) is 6.42 Å². The topological polar surface area (TPSA) is 77.9 Å². The molecule has 1 atom stereocenters. The summed E-state index contributed by atoms with van der Waals surface area (Å²) in [6.07, 6.45) is -12.5. The maximum absolute atomic E-state index is 12.8. The summed E-state index contributed by atoms with van der Waals surface area (Å²) >= 11 is 0. The van der Waals surface area contributed by atoms with Gasteiger partial charge in [-0.15, -0.1) is 0 Å². The number of hydrogen-bond acceptors (Lipinski definition) is 5. The van der Waals surface area contributed by atoms with Crippen LogP contribution in [0, 0.1) is 5.39 Å². The third-order valence-corrected chi connectivity index (χ3v) is 2.86. The van der Waals surface area contributed by atoms with Crippen LogP contribution in [0.1, 0.15) is 6.42 Å². The number of aliphatic hydroxyl groups is 1. The molecule has 1 heterocycles. The average Bonchev–Trinajstić information content (AvgIpc) is 2.53. The van der Waals surface area contributed by atoms with Gasteiger partial charge in [0.2, 0.25) is 5.39 Å². The number of cyclic esters (lactones) is 1. The van der Waals surface area contributed by atoms with Gasteiger partial charge >= 0.3 is 30.2 Å². The molecule has 0 unspecified atom stereocenters. The van der Waals surface area contributed by atoms with Crippen LogP contribution in [0.15, 0.2) is 12.0 Å². The number of likely N-dealkylation sites (N-methyl/N-ethyl adjacent to an activating group) is 1. The normalized spacial score (nSPS) is 23.8. The molecule has 0 amide bonds. The maximum atomic E-state index is 12.8. The number of aliphatic hydroxyl groups excluding tert-OH is 1. The molecule has 0 saturated carbocycles. The number of diazo groups is 1. The number of hydrogen-bond donors (Lipinski definition) is 1. The summed E-state index contributed by atoms with van der Waals surface area (Å²) in [5, 5.41) is 17.2. The summed E-state index contributed by atoms with van der Waals surface area (Å²) < 4.78 is 80.5. The number of halogens is 6. The van der Waals surface area contributed by atoms with E-state index in [-0.39, 0.29) is 4.90 Å². The van der Waals surface area contributed by atoms with Gasteiger partial charge < -0.3 is 9.84 Å². The van der Waals surface area contributed by atoms with Crippen LogP contribution in [0.2, 0.25) is 0 Å². The first-order chi connectivity index (χ1) is 9.38. The number of carbonyl (C=O) groups excluding carboxylic acids is 1. The van der Waals surface area contributed by atoms with E-state index >= 15 is 0 Å². The summed E-state index contributed by atoms with van der Waals surface area (Å²) in [5.74, 6) is -2.71. The van der Waals surface area contributed by atoms with Crippen molar-refractivity contribution in [3.63, 3.8) is 0 Å². The minimum absolute atomic E-state index is 0.363. The van der Waals surface area contributed by atoms with Gasteiger partial charge in [0.15, 0.2) is 10.7 Å². The lowest BCUT2D eigenvalue weighted by molar-refractivity contribution is -0.398. The number of alkyl halides is 6. The Kier molecular flexibility index (Phi) is 4.10. The molecule has 1 N–H and O–H groups in total. The van der Waals surface area contributed by atoms with E-state index in [1.807, 2.05) is 0 Å². The van der Waals surface area contributed by atoms with Crippen molar-refractivity contribution in [2.75, 3.05) is 7.05 Å². The largest absolute Gasteiger partial charge is 0.505 e. The Balaban J connectivity index is 3.27. The van der Waals surface area contributed by atoms with Crippen LogP contribution in [-0.4, -0.2) is 47.1 Å². The third kappa shape index (κ3) is 2.60. The Bertz CT molecular complexity index is 492. The quantitative estimate of drug-likeness (QED) is 0.366. The molecule has 1 aliphatic heterocycles. The molecule has 12 heteroatoms. The molecular weight excluding hydrogens is 312 g/mol. The fourth-order valence-electron chi connectivity index (χ4n) is 1.88. The zero-order valence-electron chi connectivity index (χ0n) is 10.2. The molecule has 1 saturated heterocycles. The van der Waals surface area contributed by atoms with Crippen molar-refractivity contribution in [2.45, 2.75) is 30.5 Å². The van der Waals surface area contributed by atoms with Crippen molar-refractivity contribution in [3.8, 4) is 0 Å². The molecule has 1 aliphatic rings. The van der Waals surface area contributed by atoms with E-state index < -0.39 is 42.3 Å². The van der Waals surface area contributed by atoms with Gasteiger partial charge in [-0.2, -0.15) is 26.3 Å². The second-order valence-corrected chi connectivity index (χ2v) is 4.13. The third-order valence-electron chi connectivity index (χ3n) is 2.86. The van der Waals surface area contributed by atoms with Gasteiger partial charge in [0.1, 0.15) is 6.04 Å². The minimum atomic E-state index is -5.94. The van der Waals surface area contributed by atoms with Crippen molar-refractivity contribution < 1.29 is 41.0 Å². The van der Waals surface area contributed by atoms with E-state index in [2.05, 4.69) is 9.71 Å². The van der Waals surface area contributed by atoms with Crippen LogP contribution in [0.5, 0.6) is 0 Å². The molecule has 6 nitrogen and oxygen atoms in total. The Labute approximate surface area is 113 Å². The fourth-order valence-corrected chi connectivity index (χ4v) is 1.88. The molecule has 0 radical (unpaired) electrons. The van der Waals surface area contributed by atoms with Crippen LogP contribution < -0.4 is 0 Å². The van der Waals surface area contributed by atoms with Crippen LogP contribution >= 0.6 is 0 Å². The smallest absolute Gasteiger partial charge is 0.453 e. The first-order valence-corrected chi connectivity index (χ1v) is 5.20. The monoisotopic (exact) mass is 320 g/mol. The van der Waals surface area contributed by atoms with E-state index in [0.717, 1.165) is 0 Å². The molecule has 1 fully saturated rings. The standard InChI is InChI=1S/C9H7F6N3O3/c1-18-5(2-4(19)3-17-16)6(20)21-7(18,8(10,11)12)9(13,14)15/h3,5H,2H2,1H3/p+1/b4-3-/t5-/m0/s1. The zero-order chi connectivity index (χ0) is 16.6. The molecule has 0 aliphatic carbocycles. The molecule has 1 rings (SSSR count). The predicted octanol–water partition coefficient (Wildman–Crippen LogP) is 2.31. The Hall–Kier alpha value is -2.03. The lowest BCUT2D eigenvalue weighted by Gasteiger charge is -2.37. The van der Waals surface area contributed by atoms with Gasteiger partial charge in [-0.1, -0.05) is 0 Å². The van der Waals surface area contributed by atoms with Crippen LogP contribution in [0.3, 0.4) is 0 Å². The predicted molar refractivity (Wildman–Crippen MR) is 52.9 cm³/mol. The van der Waals surface area contributed by atoms with Gasteiger partial charge in [-0.25, -0.2) is 4.90 Å². The SMILES string of the molecule is CN1[C@@H](C/C(O)=C/[N+]#N)C(=O)OC1(C(F)(F)F)C(F)(F)F. The number of carbonyl (C=O) groups is 1. The number of ether oxygens (including phenoxy) is 1. The highest BCUT2D eigenvalue weighted by atomic mass is 19.4. The van der Waals surface area contributed by atoms with Crippen molar-refractivity contribution in [1.29, 1.82) is 5.39 Å². The zero-order valence-corrected chi connectivity index (χ0v) is 10.2. The van der Waals surface area contributed by atoms with Crippen molar-refractivity contribution in [1.82, 2.24) is 4.90 Å². The number of rotatable bonds is 2. The van der Waals surface area contributed by atoms with Crippen molar-refractivity contribution >= 4 is 5.97 Å². The summed E-state index contributed by atoms with van der Waals surface area (Å²) in [5.41, 5.74) is -4.79. The Morgan fingerprint density at radius 2 is 1.90 bits per heavy atom. The summed E-state index contributed by atoms with van der Waals surface area (Å²) in [6, 6.07) is -2.05. The Morgan fingerprint density at radius 3 is 2.24 bits per heavy atom. The van der Waals surface area contributed by atoms with E-state index in [1.165, 1.54) is 0 Å². The van der Waals surface area contributed by atoms with Crippen LogP contribution in [-0.2, 0) is 9.53 Å². The highest BCUT2D eigenvalue weighted by molar-refractivity contribution is 5.79. The van der Waals surface area contributed by atoms with Gasteiger partial charge in [0.05, 0.1) is 0 Å². The minimum Gasteiger partial charge on any atom is -0.505 e. The van der Waals surface area contributed by atoms with Crippen molar-refractivity contribution in [3.05, 3.63) is 16.9 Å². The lowest BCUT2D eigenvalue weighted by Crippen LogP contribution is -2.65. The molecular formula is C9H8F6N3O3+. The number of nitrogens with zero attached hydrogens (tertiary/aromatic N) is 3. The molecule has 0 aromatic carbocycles. The van der Waals surface area contributed by atoms with Crippen LogP contribution in [0.25, 0.3) is 4.98 Å². The highest BCUT2D eigenvalue weighted by Gasteiger charge is 2.81. The van der Waals surface area contributed by atoms with Crippen molar-refractivity contribution in [2.24, 2.45) is 0 Å². The van der Waals surface area contributed by atoms with E-state index in [9.17, 15) is 31.1 Å². The van der Waals surface area contributed by atoms with Gasteiger partial charge in [-0.3, -0.25) is 4.79 Å². The molecule has 0 bridgehead atoms. The van der Waals surface area contributed by atoms with E-state index in [1.54, 1.807) is 0 Å². The fraction of sp³-hybridized carbons (Fsp3) is 0.667. The molecule has 0 spiro atoms. The maximum Gasteiger partial charge on any atom is 0.453 e. The molecule has 0 aromatic heterocycles. The van der Waals surface area contributed by atoms with Gasteiger partial charge in [-0.05, 0) is 7.05 Å². The van der Waals surface area contributed by atoms with E-state index in [0.29, 0.717) is 13.2 Å². The second-order valence-electron chi connectivity index (χ2n) is 4.13. The van der Waals surface area contributed by atoms with Crippen LogP contribution in [0.4, 0.5) is 26.3 Å².